The summed E-state index contributed by atoms with van der Waals surface area (Å²) in [7, 11) is 2.28. The van der Waals surface area contributed by atoms with Crippen LogP contribution >= 0.6 is 8.58 Å². The fraction of sp³-hybridized carbons (Fsp3) is 0.909. The predicted molar refractivity (Wildman–Crippen MR) is 136 cm³/mol. The Hall–Kier alpha value is -0.990. The fourth-order valence-electron chi connectivity index (χ4n) is 2.40. The van der Waals surface area contributed by atoms with Gasteiger partial charge in [0, 0.05) is 13.7 Å². The smallest absolute Gasteiger partial charge is 0.246 e. The fourth-order valence-corrected chi connectivity index (χ4v) is 3.23. The van der Waals surface area contributed by atoms with Crippen LogP contribution in [0.2, 0.25) is 0 Å². The zero-order valence-corrected chi connectivity index (χ0v) is 22.6. The Morgan fingerprint density at radius 1 is 0.611 bits per heavy atom. The van der Waals surface area contributed by atoms with Gasteiger partial charge >= 0.3 is 0 Å². The molecule has 0 aromatic heterocycles. The van der Waals surface area contributed by atoms with Crippen LogP contribution in [0, 0.1) is 0 Å². The molecule has 2 amide bonds. The summed E-state index contributed by atoms with van der Waals surface area (Å²) >= 11 is 0. The van der Waals surface area contributed by atoms with E-state index >= 15 is 0 Å². The maximum atomic E-state index is 11.1. The van der Waals surface area contributed by atoms with E-state index in [0.717, 1.165) is 34.1 Å². The van der Waals surface area contributed by atoms with Gasteiger partial charge < -0.3 is 43.2 Å². The first-order chi connectivity index (χ1) is 17.7. The van der Waals surface area contributed by atoms with Crippen molar-refractivity contribution in [3.63, 3.8) is 0 Å². The molecule has 0 bridgehead atoms. The third kappa shape index (κ3) is 29.2. The quantitative estimate of drug-likeness (QED) is 0.0347. The molecule has 0 saturated carbocycles. The van der Waals surface area contributed by atoms with E-state index in [-0.39, 0.29) is 24.8 Å². The van der Waals surface area contributed by atoms with Gasteiger partial charge in [-0.15, -0.1) is 8.58 Å². The maximum Gasteiger partial charge on any atom is 0.246 e. The molecule has 0 radical (unpaired) electrons. The van der Waals surface area contributed by atoms with Crippen molar-refractivity contribution in [2.45, 2.75) is 6.42 Å². The molecule has 36 heavy (non-hydrogen) atoms. The summed E-state index contributed by atoms with van der Waals surface area (Å²) in [6.07, 6.45) is 2.26. The molecule has 0 spiro atoms. The third-order valence-electron chi connectivity index (χ3n) is 4.18. The summed E-state index contributed by atoms with van der Waals surface area (Å²) in [5.41, 5.74) is 2.04. The van der Waals surface area contributed by atoms with Crippen molar-refractivity contribution < 1.29 is 47.5 Å². The number of hydrazine groups is 1. The van der Waals surface area contributed by atoms with Crippen molar-refractivity contribution in [2.75, 3.05) is 125 Å². The van der Waals surface area contributed by atoms with Crippen molar-refractivity contribution in [3.05, 3.63) is 0 Å². The molecule has 0 rings (SSSR count). The van der Waals surface area contributed by atoms with Crippen LogP contribution in [0.1, 0.15) is 6.42 Å². The van der Waals surface area contributed by atoms with Crippen LogP contribution in [0.25, 0.3) is 0 Å². The van der Waals surface area contributed by atoms with Crippen LogP contribution in [0.4, 0.5) is 0 Å². The Labute approximate surface area is 216 Å². The molecule has 1 atom stereocenters. The molecule has 0 aliphatic rings. The van der Waals surface area contributed by atoms with E-state index < -0.39 is 0 Å². The van der Waals surface area contributed by atoms with E-state index in [9.17, 15) is 9.59 Å². The van der Waals surface area contributed by atoms with Crippen LogP contribution in [0.3, 0.4) is 0 Å². The highest BCUT2D eigenvalue weighted by atomic mass is 31.1. The molecule has 0 fully saturated rings. The van der Waals surface area contributed by atoms with Gasteiger partial charge in [0.1, 0.15) is 6.61 Å². The van der Waals surface area contributed by atoms with Crippen molar-refractivity contribution in [3.8, 4) is 0 Å². The molecule has 0 aliphatic heterocycles. The minimum Gasteiger partial charge on any atom is -0.379 e. The number of hydrogen-bond acceptors (Lipinski definition) is 11. The largest absolute Gasteiger partial charge is 0.379 e. The minimum absolute atomic E-state index is 0.0606. The number of rotatable bonds is 29. The molecule has 4 N–H and O–H groups in total. The lowest BCUT2D eigenvalue weighted by molar-refractivity contribution is -0.125. The molecule has 0 aromatic rings. The summed E-state index contributed by atoms with van der Waals surface area (Å²) in [5.74, 6) is 4.56. The summed E-state index contributed by atoms with van der Waals surface area (Å²) in [6.45, 7) is 7.78. The molecule has 13 nitrogen and oxygen atoms in total. The monoisotopic (exact) mass is 543 g/mol. The van der Waals surface area contributed by atoms with Gasteiger partial charge in [0.25, 0.3) is 0 Å². The number of hydrogen-bond donors (Lipinski definition) is 3. The highest BCUT2D eigenvalue weighted by Gasteiger charge is 1.99. The van der Waals surface area contributed by atoms with Crippen LogP contribution < -0.4 is 16.6 Å². The Morgan fingerprint density at radius 2 is 1.03 bits per heavy atom. The maximum absolute atomic E-state index is 11.1. The van der Waals surface area contributed by atoms with Crippen molar-refractivity contribution in [1.29, 1.82) is 0 Å². The number of ether oxygens (including phenoxy) is 8. The summed E-state index contributed by atoms with van der Waals surface area (Å²) in [5, 5.41) is 2.67. The first kappa shape index (κ1) is 35.0. The van der Waals surface area contributed by atoms with Gasteiger partial charge in [-0.25, -0.2) is 5.84 Å². The van der Waals surface area contributed by atoms with Gasteiger partial charge in [-0.1, -0.05) is 0 Å². The second-order valence-electron chi connectivity index (χ2n) is 7.14. The average molecular weight is 544 g/mol. The highest BCUT2D eigenvalue weighted by Crippen LogP contribution is 2.08. The van der Waals surface area contributed by atoms with Gasteiger partial charge in [-0.2, -0.15) is 0 Å². The van der Waals surface area contributed by atoms with E-state index in [2.05, 4.69) is 5.32 Å². The SMILES string of the molecule is COCC(=O)NCCOCCOCCOCCPCCOCCOCCOCCOCCC(=O)NN. The molecule has 0 aliphatic carbocycles. The lowest BCUT2D eigenvalue weighted by atomic mass is 10.4. The van der Waals surface area contributed by atoms with Gasteiger partial charge in [0.15, 0.2) is 0 Å². The average Bonchev–Trinajstić information content (AvgIpc) is 2.88. The molecular weight excluding hydrogens is 497 g/mol. The molecule has 0 saturated heterocycles. The number of carbonyl (C=O) groups excluding carboxylic acids is 2. The summed E-state index contributed by atoms with van der Waals surface area (Å²) < 4.78 is 42.6. The number of nitrogens with one attached hydrogen (secondary N) is 2. The standard InChI is InChI=1S/C22H46N3O10P/c1-28-20-22(27)24-3-5-30-7-9-32-12-14-34-16-18-36-19-17-35-15-13-33-11-10-31-8-6-29-4-2-21(26)25-23/h36H,2-20,23H2,1H3,(H,24,27)(H,25,26). The Kier molecular flexibility index (Phi) is 29.4. The van der Waals surface area contributed by atoms with E-state index in [1.54, 1.807) is 0 Å². The topological polar surface area (TPSA) is 158 Å². The summed E-state index contributed by atoms with van der Waals surface area (Å²) in [6, 6.07) is 0. The Bertz CT molecular complexity index is 495. The van der Waals surface area contributed by atoms with Gasteiger partial charge in [-0.05, 0) is 12.3 Å². The molecule has 0 heterocycles. The number of carbonyl (C=O) groups is 2. The minimum atomic E-state index is -0.252. The van der Waals surface area contributed by atoms with Gasteiger partial charge in [-0.3, -0.25) is 15.0 Å². The zero-order valence-electron chi connectivity index (χ0n) is 21.6. The number of nitrogens with two attached hydrogens (primary N) is 1. The second-order valence-corrected chi connectivity index (χ2v) is 8.64. The molecular formula is C22H46N3O10P. The van der Waals surface area contributed by atoms with Crippen molar-refractivity contribution in [2.24, 2.45) is 5.84 Å². The Morgan fingerprint density at radius 3 is 1.47 bits per heavy atom. The Balaban J connectivity index is 3.06. The van der Waals surface area contributed by atoms with E-state index in [1.165, 1.54) is 7.11 Å². The van der Waals surface area contributed by atoms with Crippen LogP contribution in [-0.2, 0) is 47.5 Å². The van der Waals surface area contributed by atoms with E-state index in [4.69, 9.17) is 43.7 Å². The molecule has 14 heteroatoms. The lowest BCUT2D eigenvalue weighted by Crippen LogP contribution is -2.30. The highest BCUT2D eigenvalue weighted by molar-refractivity contribution is 7.38. The van der Waals surface area contributed by atoms with Crippen LogP contribution in [0.5, 0.6) is 0 Å². The van der Waals surface area contributed by atoms with Crippen LogP contribution in [0.15, 0.2) is 0 Å². The van der Waals surface area contributed by atoms with E-state index in [0.29, 0.717) is 85.8 Å². The van der Waals surface area contributed by atoms with Crippen molar-refractivity contribution >= 4 is 20.4 Å². The summed E-state index contributed by atoms with van der Waals surface area (Å²) in [4.78, 5) is 22.0. The normalized spacial score (nSPS) is 11.4. The second kappa shape index (κ2) is 30.2. The van der Waals surface area contributed by atoms with Gasteiger partial charge in [0.05, 0.1) is 98.9 Å². The molecule has 1 unspecified atom stereocenters. The molecule has 214 valence electrons. The third-order valence-corrected chi connectivity index (χ3v) is 5.30. The van der Waals surface area contributed by atoms with E-state index in [1.807, 2.05) is 5.43 Å². The lowest BCUT2D eigenvalue weighted by Gasteiger charge is -2.08. The number of methoxy groups -OCH3 is 1. The first-order valence-electron chi connectivity index (χ1n) is 12.2. The van der Waals surface area contributed by atoms with Crippen molar-refractivity contribution in [1.82, 2.24) is 10.7 Å². The van der Waals surface area contributed by atoms with Crippen LogP contribution in [-0.4, -0.2) is 137 Å². The number of amides is 2. The first-order valence-corrected chi connectivity index (χ1v) is 13.6. The predicted octanol–water partition coefficient (Wildman–Crippen LogP) is -1.08. The zero-order chi connectivity index (χ0) is 26.4. The molecule has 0 aromatic carbocycles. The van der Waals surface area contributed by atoms with Gasteiger partial charge in [0.2, 0.25) is 11.8 Å².